The molecule has 1 aliphatic rings. The molecule has 1 aromatic carbocycles. The fourth-order valence-corrected chi connectivity index (χ4v) is 3.34. The zero-order valence-corrected chi connectivity index (χ0v) is 15.9. The van der Waals surface area contributed by atoms with Crippen molar-refractivity contribution in [1.29, 1.82) is 0 Å². The second kappa shape index (κ2) is 9.40. The number of piperazine rings is 1. The number of aryl methyl sites for hydroxylation is 1. The number of nitrogens with zero attached hydrogens (tertiary/aromatic N) is 2. The number of hydrogen-bond acceptors (Lipinski definition) is 4. The molecule has 1 heterocycles. The second-order valence-electron chi connectivity index (χ2n) is 5.92. The molecule has 0 aromatic heterocycles. The molecule has 1 aromatic rings. The van der Waals surface area contributed by atoms with E-state index in [2.05, 4.69) is 36.9 Å². The highest BCUT2D eigenvalue weighted by molar-refractivity contribution is 7.98. The maximum Gasteiger partial charge on any atom is 0.239 e. The molecule has 1 fully saturated rings. The molecule has 1 aliphatic heterocycles. The van der Waals surface area contributed by atoms with Crippen LogP contribution in [0, 0.1) is 13.8 Å². The van der Waals surface area contributed by atoms with Crippen molar-refractivity contribution in [2.75, 3.05) is 43.1 Å². The van der Waals surface area contributed by atoms with E-state index in [4.69, 9.17) is 5.73 Å². The quantitative estimate of drug-likeness (QED) is 0.879. The molecular weight excluding hydrogens is 330 g/mol. The van der Waals surface area contributed by atoms with Gasteiger partial charge in [-0.3, -0.25) is 4.79 Å². The van der Waals surface area contributed by atoms with Crippen LogP contribution in [-0.4, -0.2) is 55.0 Å². The molecule has 130 valence electrons. The van der Waals surface area contributed by atoms with Crippen molar-refractivity contribution in [3.63, 3.8) is 0 Å². The number of nitrogens with two attached hydrogens (primary N) is 1. The summed E-state index contributed by atoms with van der Waals surface area (Å²) >= 11 is 1.74. The molecule has 1 amide bonds. The lowest BCUT2D eigenvalue weighted by Gasteiger charge is -2.38. The van der Waals surface area contributed by atoms with Gasteiger partial charge >= 0.3 is 0 Å². The molecular formula is C17H28ClN3OS. The maximum absolute atomic E-state index is 12.3. The summed E-state index contributed by atoms with van der Waals surface area (Å²) in [5.41, 5.74) is 9.94. The van der Waals surface area contributed by atoms with Gasteiger partial charge in [0.25, 0.3) is 0 Å². The first-order valence-corrected chi connectivity index (χ1v) is 9.28. The van der Waals surface area contributed by atoms with Crippen LogP contribution >= 0.6 is 24.2 Å². The van der Waals surface area contributed by atoms with Crippen molar-refractivity contribution in [3.8, 4) is 0 Å². The molecule has 1 atom stereocenters. The van der Waals surface area contributed by atoms with E-state index in [1.54, 1.807) is 11.8 Å². The van der Waals surface area contributed by atoms with Gasteiger partial charge in [-0.1, -0.05) is 12.1 Å². The van der Waals surface area contributed by atoms with E-state index in [0.717, 1.165) is 38.4 Å². The Hall–Kier alpha value is -0.910. The van der Waals surface area contributed by atoms with E-state index in [1.807, 2.05) is 11.2 Å². The summed E-state index contributed by atoms with van der Waals surface area (Å²) in [5.74, 6) is 1.05. The van der Waals surface area contributed by atoms with Crippen LogP contribution in [0.5, 0.6) is 0 Å². The Labute approximate surface area is 150 Å². The fraction of sp³-hybridized carbons (Fsp3) is 0.588. The third-order valence-corrected chi connectivity index (χ3v) is 5.10. The molecule has 0 spiro atoms. The Morgan fingerprint density at radius 2 is 1.91 bits per heavy atom. The maximum atomic E-state index is 12.3. The van der Waals surface area contributed by atoms with E-state index in [9.17, 15) is 4.79 Å². The minimum atomic E-state index is -0.347. The third-order valence-electron chi connectivity index (χ3n) is 4.46. The minimum absolute atomic E-state index is 0. The van der Waals surface area contributed by atoms with Crippen molar-refractivity contribution in [2.45, 2.75) is 26.3 Å². The first-order chi connectivity index (χ1) is 10.5. The van der Waals surface area contributed by atoms with Crippen LogP contribution in [0.2, 0.25) is 0 Å². The van der Waals surface area contributed by atoms with Crippen LogP contribution in [0.25, 0.3) is 0 Å². The molecule has 4 nitrogen and oxygen atoms in total. The van der Waals surface area contributed by atoms with Crippen molar-refractivity contribution >= 4 is 35.8 Å². The largest absolute Gasteiger partial charge is 0.368 e. The normalized spacial score (nSPS) is 16.0. The SMILES string of the molecule is CSCC[C@H](N)C(=O)N1CCN(c2cccc(C)c2C)CC1.Cl. The Bertz CT molecular complexity index is 519. The highest BCUT2D eigenvalue weighted by atomic mass is 35.5. The highest BCUT2D eigenvalue weighted by Crippen LogP contribution is 2.24. The number of anilines is 1. The number of rotatable bonds is 5. The van der Waals surface area contributed by atoms with Gasteiger partial charge in [-0.05, 0) is 49.5 Å². The lowest BCUT2D eigenvalue weighted by molar-refractivity contribution is -0.132. The molecule has 23 heavy (non-hydrogen) atoms. The van der Waals surface area contributed by atoms with Gasteiger partial charge in [-0.15, -0.1) is 12.4 Å². The van der Waals surface area contributed by atoms with E-state index < -0.39 is 0 Å². The summed E-state index contributed by atoms with van der Waals surface area (Å²) in [7, 11) is 0. The summed E-state index contributed by atoms with van der Waals surface area (Å²) in [6.45, 7) is 7.60. The summed E-state index contributed by atoms with van der Waals surface area (Å²) in [6.07, 6.45) is 2.80. The fourth-order valence-electron chi connectivity index (χ4n) is 2.85. The number of carbonyl (C=O) groups excluding carboxylic acids is 1. The Morgan fingerprint density at radius 3 is 2.52 bits per heavy atom. The number of halogens is 1. The molecule has 2 rings (SSSR count). The zero-order chi connectivity index (χ0) is 16.1. The topological polar surface area (TPSA) is 49.6 Å². The highest BCUT2D eigenvalue weighted by Gasteiger charge is 2.25. The number of thioether (sulfide) groups is 1. The van der Waals surface area contributed by atoms with Gasteiger partial charge in [-0.25, -0.2) is 0 Å². The predicted molar refractivity (Wildman–Crippen MR) is 103 cm³/mol. The summed E-state index contributed by atoms with van der Waals surface area (Å²) in [4.78, 5) is 16.6. The molecule has 0 unspecified atom stereocenters. The Morgan fingerprint density at radius 1 is 1.26 bits per heavy atom. The molecule has 0 radical (unpaired) electrons. The standard InChI is InChI=1S/C17H27N3OS.ClH/c1-13-5-4-6-16(14(13)2)19-8-10-20(11-9-19)17(21)15(18)7-12-22-3;/h4-6,15H,7-12,18H2,1-3H3;1H/t15-;/m0./s1. The number of hydrogen-bond donors (Lipinski definition) is 1. The van der Waals surface area contributed by atoms with Gasteiger partial charge in [0.2, 0.25) is 5.91 Å². The van der Waals surface area contributed by atoms with Gasteiger partial charge in [0, 0.05) is 31.9 Å². The molecule has 6 heteroatoms. The van der Waals surface area contributed by atoms with Crippen LogP contribution in [-0.2, 0) is 4.79 Å². The molecule has 1 saturated heterocycles. The van der Waals surface area contributed by atoms with E-state index in [1.165, 1.54) is 16.8 Å². The lowest BCUT2D eigenvalue weighted by atomic mass is 10.1. The summed E-state index contributed by atoms with van der Waals surface area (Å²) in [6, 6.07) is 6.07. The molecule has 0 saturated carbocycles. The number of carbonyl (C=O) groups is 1. The van der Waals surface area contributed by atoms with Gasteiger partial charge in [0.15, 0.2) is 0 Å². The van der Waals surface area contributed by atoms with Crippen LogP contribution in [0.3, 0.4) is 0 Å². The van der Waals surface area contributed by atoms with E-state index >= 15 is 0 Å². The van der Waals surface area contributed by atoms with Gasteiger partial charge in [0.1, 0.15) is 0 Å². The smallest absolute Gasteiger partial charge is 0.239 e. The predicted octanol–water partition coefficient (Wildman–Crippen LogP) is 2.45. The van der Waals surface area contributed by atoms with Crippen LogP contribution in [0.15, 0.2) is 18.2 Å². The van der Waals surface area contributed by atoms with Crippen molar-refractivity contribution < 1.29 is 4.79 Å². The number of amides is 1. The zero-order valence-electron chi connectivity index (χ0n) is 14.2. The summed E-state index contributed by atoms with van der Waals surface area (Å²) < 4.78 is 0. The average Bonchev–Trinajstić information content (AvgIpc) is 2.54. The van der Waals surface area contributed by atoms with Crippen molar-refractivity contribution in [2.24, 2.45) is 5.73 Å². The van der Waals surface area contributed by atoms with Gasteiger partial charge in [0.05, 0.1) is 6.04 Å². The van der Waals surface area contributed by atoms with Gasteiger partial charge < -0.3 is 15.5 Å². The van der Waals surface area contributed by atoms with Gasteiger partial charge in [-0.2, -0.15) is 11.8 Å². The van der Waals surface area contributed by atoms with Crippen LogP contribution in [0.4, 0.5) is 5.69 Å². The first-order valence-electron chi connectivity index (χ1n) is 7.89. The third kappa shape index (κ3) is 5.03. The van der Waals surface area contributed by atoms with E-state index in [0.29, 0.717) is 0 Å². The minimum Gasteiger partial charge on any atom is -0.368 e. The molecule has 0 aliphatic carbocycles. The second-order valence-corrected chi connectivity index (χ2v) is 6.90. The monoisotopic (exact) mass is 357 g/mol. The summed E-state index contributed by atoms with van der Waals surface area (Å²) in [5, 5.41) is 0. The van der Waals surface area contributed by atoms with Crippen LogP contribution < -0.4 is 10.6 Å². The van der Waals surface area contributed by atoms with Crippen molar-refractivity contribution in [3.05, 3.63) is 29.3 Å². The molecule has 0 bridgehead atoms. The first kappa shape index (κ1) is 20.1. The van der Waals surface area contributed by atoms with Crippen LogP contribution in [0.1, 0.15) is 17.5 Å². The number of benzene rings is 1. The van der Waals surface area contributed by atoms with E-state index in [-0.39, 0.29) is 24.4 Å². The van der Waals surface area contributed by atoms with Crippen molar-refractivity contribution in [1.82, 2.24) is 4.90 Å². The molecule has 2 N–H and O–H groups in total. The lowest BCUT2D eigenvalue weighted by Crippen LogP contribution is -2.53. The Balaban J connectivity index is 0.00000264. The Kier molecular flexibility index (Phi) is 8.23. The average molecular weight is 358 g/mol.